The number of amides is 1. The summed E-state index contributed by atoms with van der Waals surface area (Å²) in [6.45, 7) is 3.75. The van der Waals surface area contributed by atoms with Crippen molar-refractivity contribution >= 4 is 55.3 Å². The fraction of sp³-hybridized carbons (Fsp3) is 0.176. The van der Waals surface area contributed by atoms with Gasteiger partial charge in [0.15, 0.2) is 5.13 Å². The molecule has 4 aromatic heterocycles. The average molecular weight is 403 g/mol. The molecule has 0 aliphatic heterocycles. The van der Waals surface area contributed by atoms with Crippen LogP contribution in [-0.2, 0) is 11.3 Å². The SMILES string of the molecule is Cc1nc(NC(=O)Cn2cnc3scc(-c4cccs4)c3c2=O)sc1C. The minimum absolute atomic E-state index is 0.0980. The van der Waals surface area contributed by atoms with Gasteiger partial charge in [0.05, 0.1) is 17.4 Å². The lowest BCUT2D eigenvalue weighted by atomic mass is 10.2. The Hall–Kier alpha value is -2.36. The van der Waals surface area contributed by atoms with Crippen LogP contribution in [0.1, 0.15) is 10.6 Å². The first-order valence-electron chi connectivity index (χ1n) is 7.77. The van der Waals surface area contributed by atoms with Gasteiger partial charge in [-0.2, -0.15) is 0 Å². The molecule has 4 rings (SSSR count). The van der Waals surface area contributed by atoms with Gasteiger partial charge in [0.2, 0.25) is 5.91 Å². The van der Waals surface area contributed by atoms with Gasteiger partial charge in [-0.05, 0) is 25.3 Å². The minimum Gasteiger partial charge on any atom is -0.300 e. The summed E-state index contributed by atoms with van der Waals surface area (Å²) in [7, 11) is 0. The lowest BCUT2D eigenvalue weighted by Crippen LogP contribution is -2.27. The van der Waals surface area contributed by atoms with Gasteiger partial charge >= 0.3 is 0 Å². The van der Waals surface area contributed by atoms with Crippen LogP contribution in [0.15, 0.2) is 34.0 Å². The molecule has 0 saturated carbocycles. The van der Waals surface area contributed by atoms with Crippen LogP contribution < -0.4 is 10.9 Å². The highest BCUT2D eigenvalue weighted by molar-refractivity contribution is 7.18. The van der Waals surface area contributed by atoms with Crippen LogP contribution in [0.2, 0.25) is 0 Å². The summed E-state index contributed by atoms with van der Waals surface area (Å²) < 4.78 is 1.34. The van der Waals surface area contributed by atoms with E-state index in [4.69, 9.17) is 0 Å². The summed E-state index contributed by atoms with van der Waals surface area (Å²) in [5, 5.41) is 7.77. The second-order valence-corrected chi connectivity index (χ2v) is 8.70. The number of anilines is 1. The second kappa shape index (κ2) is 6.75. The Balaban J connectivity index is 1.64. The van der Waals surface area contributed by atoms with Gasteiger partial charge in [-0.15, -0.1) is 34.0 Å². The van der Waals surface area contributed by atoms with Crippen molar-refractivity contribution in [2.24, 2.45) is 0 Å². The van der Waals surface area contributed by atoms with E-state index in [9.17, 15) is 9.59 Å². The van der Waals surface area contributed by atoms with Crippen LogP contribution in [0.5, 0.6) is 0 Å². The summed E-state index contributed by atoms with van der Waals surface area (Å²) in [5.41, 5.74) is 1.56. The van der Waals surface area contributed by atoms with E-state index in [-0.39, 0.29) is 18.0 Å². The van der Waals surface area contributed by atoms with E-state index < -0.39 is 0 Å². The number of aromatic nitrogens is 3. The number of nitrogens with one attached hydrogen (secondary N) is 1. The van der Waals surface area contributed by atoms with Crippen LogP contribution >= 0.6 is 34.0 Å². The smallest absolute Gasteiger partial charge is 0.263 e. The molecule has 1 N–H and O–H groups in total. The molecular formula is C17H14N4O2S3. The highest BCUT2D eigenvalue weighted by atomic mass is 32.1. The van der Waals surface area contributed by atoms with Gasteiger partial charge in [-0.3, -0.25) is 14.2 Å². The normalized spacial score (nSPS) is 11.2. The van der Waals surface area contributed by atoms with Gasteiger partial charge in [0.25, 0.3) is 5.56 Å². The number of carbonyl (C=O) groups is 1. The Labute approximate surface area is 160 Å². The van der Waals surface area contributed by atoms with E-state index in [0.29, 0.717) is 15.3 Å². The lowest BCUT2D eigenvalue weighted by Gasteiger charge is -2.05. The third-order valence-electron chi connectivity index (χ3n) is 3.94. The van der Waals surface area contributed by atoms with Gasteiger partial charge in [0.1, 0.15) is 11.4 Å². The summed E-state index contributed by atoms with van der Waals surface area (Å²) in [4.78, 5) is 36.6. The van der Waals surface area contributed by atoms with Crippen LogP contribution in [0.4, 0.5) is 5.13 Å². The van der Waals surface area contributed by atoms with Gasteiger partial charge in [-0.25, -0.2) is 9.97 Å². The van der Waals surface area contributed by atoms with Crippen LogP contribution in [0.3, 0.4) is 0 Å². The third kappa shape index (κ3) is 3.09. The molecular weight excluding hydrogens is 388 g/mol. The Morgan fingerprint density at radius 2 is 2.15 bits per heavy atom. The first-order valence-corrected chi connectivity index (χ1v) is 10.3. The largest absolute Gasteiger partial charge is 0.300 e. The van der Waals surface area contributed by atoms with Crippen molar-refractivity contribution in [2.45, 2.75) is 20.4 Å². The van der Waals surface area contributed by atoms with Gasteiger partial charge in [-0.1, -0.05) is 6.07 Å². The molecule has 132 valence electrons. The average Bonchev–Trinajstić information content (AvgIpc) is 3.31. The maximum Gasteiger partial charge on any atom is 0.263 e. The topological polar surface area (TPSA) is 76.9 Å². The van der Waals surface area contributed by atoms with Gasteiger partial charge in [0, 0.05) is 20.7 Å². The second-order valence-electron chi connectivity index (χ2n) is 5.69. The molecule has 0 saturated heterocycles. The number of thiazole rings is 1. The number of carbonyl (C=O) groups excluding carboxylic acids is 1. The molecule has 0 aliphatic rings. The molecule has 0 aromatic carbocycles. The molecule has 0 bridgehead atoms. The summed E-state index contributed by atoms with van der Waals surface area (Å²) in [6, 6.07) is 3.92. The van der Waals surface area contributed by atoms with Crippen molar-refractivity contribution in [2.75, 3.05) is 5.32 Å². The van der Waals surface area contributed by atoms with Crippen LogP contribution in [0.25, 0.3) is 20.7 Å². The summed E-state index contributed by atoms with van der Waals surface area (Å²) >= 11 is 4.43. The van der Waals surface area contributed by atoms with Crippen LogP contribution in [-0.4, -0.2) is 20.4 Å². The zero-order chi connectivity index (χ0) is 18.3. The fourth-order valence-corrected chi connectivity index (χ4v) is 5.08. The maximum atomic E-state index is 12.9. The molecule has 0 radical (unpaired) electrons. The molecule has 4 aromatic rings. The molecule has 0 atom stereocenters. The van der Waals surface area contributed by atoms with Crippen molar-refractivity contribution in [1.82, 2.24) is 14.5 Å². The highest BCUT2D eigenvalue weighted by Crippen LogP contribution is 2.33. The van der Waals surface area contributed by atoms with Crippen molar-refractivity contribution in [1.29, 1.82) is 0 Å². The maximum absolute atomic E-state index is 12.9. The molecule has 9 heteroatoms. The molecule has 1 amide bonds. The molecule has 0 spiro atoms. The van der Waals surface area contributed by atoms with E-state index >= 15 is 0 Å². The number of thiophene rings is 2. The predicted octanol–water partition coefficient (Wildman–Crippen LogP) is 3.90. The van der Waals surface area contributed by atoms with E-state index in [2.05, 4.69) is 15.3 Å². The fourth-order valence-electron chi connectivity index (χ4n) is 2.53. The van der Waals surface area contributed by atoms with E-state index in [0.717, 1.165) is 21.0 Å². The first kappa shape index (κ1) is 17.1. The molecule has 26 heavy (non-hydrogen) atoms. The highest BCUT2D eigenvalue weighted by Gasteiger charge is 2.16. The number of aryl methyl sites for hydroxylation is 2. The van der Waals surface area contributed by atoms with Crippen LogP contribution in [0, 0.1) is 13.8 Å². The predicted molar refractivity (Wildman–Crippen MR) is 107 cm³/mol. The Morgan fingerprint density at radius 1 is 1.31 bits per heavy atom. The number of fused-ring (bicyclic) bond motifs is 1. The molecule has 0 fully saturated rings. The number of nitrogens with zero attached hydrogens (tertiary/aromatic N) is 3. The van der Waals surface area contributed by atoms with Crippen molar-refractivity contribution in [3.63, 3.8) is 0 Å². The monoisotopic (exact) mass is 402 g/mol. The third-order valence-corrected chi connectivity index (χ3v) is 6.71. The van der Waals surface area contributed by atoms with E-state index in [1.807, 2.05) is 36.7 Å². The first-order chi connectivity index (χ1) is 12.5. The molecule has 6 nitrogen and oxygen atoms in total. The lowest BCUT2D eigenvalue weighted by molar-refractivity contribution is -0.116. The molecule has 0 unspecified atom stereocenters. The zero-order valence-corrected chi connectivity index (χ0v) is 16.4. The van der Waals surface area contributed by atoms with Crippen molar-refractivity contribution < 1.29 is 4.79 Å². The van der Waals surface area contributed by atoms with Crippen molar-refractivity contribution in [3.8, 4) is 10.4 Å². The van der Waals surface area contributed by atoms with Gasteiger partial charge < -0.3 is 5.32 Å². The zero-order valence-electron chi connectivity index (χ0n) is 14.0. The molecule has 0 aliphatic carbocycles. The van der Waals surface area contributed by atoms with E-state index in [1.165, 1.54) is 33.6 Å². The van der Waals surface area contributed by atoms with E-state index in [1.54, 1.807) is 11.3 Å². The Kier molecular flexibility index (Phi) is 4.43. The number of hydrogen-bond acceptors (Lipinski definition) is 7. The minimum atomic E-state index is -0.296. The number of hydrogen-bond donors (Lipinski definition) is 1. The summed E-state index contributed by atoms with van der Waals surface area (Å²) in [6.07, 6.45) is 1.43. The standard InChI is InChI=1S/C17H14N4O2S3/c1-9-10(2)26-17(19-9)20-13(22)6-21-8-18-15-14(16(21)23)11(7-25-15)12-4-3-5-24-12/h3-5,7-8H,6H2,1-2H3,(H,19,20,22). The Morgan fingerprint density at radius 3 is 2.85 bits per heavy atom. The number of rotatable bonds is 4. The molecule has 4 heterocycles. The van der Waals surface area contributed by atoms with Crippen molar-refractivity contribution in [3.05, 3.63) is 50.1 Å². The Bertz CT molecular complexity index is 1140. The quantitative estimate of drug-likeness (QED) is 0.562. The summed E-state index contributed by atoms with van der Waals surface area (Å²) in [5.74, 6) is -0.296.